The molecule has 2 aromatic heterocycles. The number of rotatable bonds is 4. The molecule has 0 spiro atoms. The van der Waals surface area contributed by atoms with E-state index in [1.54, 1.807) is 30.4 Å². The number of benzene rings is 1. The van der Waals surface area contributed by atoms with E-state index in [0.717, 1.165) is 23.7 Å². The van der Waals surface area contributed by atoms with E-state index in [1.807, 2.05) is 24.3 Å². The van der Waals surface area contributed by atoms with Crippen LogP contribution in [0.5, 0.6) is 0 Å². The molecule has 0 bridgehead atoms. The van der Waals surface area contributed by atoms with E-state index in [1.165, 1.54) is 18.6 Å². The number of carbonyl (C=O) groups is 1. The number of thioether (sulfide) groups is 1. The second-order valence-electron chi connectivity index (χ2n) is 7.45. The zero-order valence-electron chi connectivity index (χ0n) is 16.5. The van der Waals surface area contributed by atoms with Crippen LogP contribution in [-0.4, -0.2) is 49.9 Å². The lowest BCUT2D eigenvalue weighted by molar-refractivity contribution is 0.102. The summed E-state index contributed by atoms with van der Waals surface area (Å²) < 4.78 is 0. The second kappa shape index (κ2) is 7.95. The fourth-order valence-electron chi connectivity index (χ4n) is 4.13. The molecule has 31 heavy (non-hydrogen) atoms. The van der Waals surface area contributed by atoms with Crippen molar-refractivity contribution in [3.63, 3.8) is 0 Å². The first kappa shape index (κ1) is 19.4. The van der Waals surface area contributed by atoms with Crippen molar-refractivity contribution in [3.8, 4) is 0 Å². The molecule has 0 radical (unpaired) electrons. The van der Waals surface area contributed by atoms with Crippen LogP contribution in [0.15, 0.2) is 66.4 Å². The van der Waals surface area contributed by atoms with Gasteiger partial charge in [-0.25, -0.2) is 15.0 Å². The summed E-state index contributed by atoms with van der Waals surface area (Å²) >= 11 is 1.58. The van der Waals surface area contributed by atoms with Crippen molar-refractivity contribution >= 4 is 34.3 Å². The molecule has 5 rings (SSSR count). The van der Waals surface area contributed by atoms with Gasteiger partial charge in [-0.1, -0.05) is 23.9 Å². The van der Waals surface area contributed by atoms with Gasteiger partial charge in [-0.05, 0) is 17.7 Å². The topological polar surface area (TPSA) is 122 Å². The molecule has 9 nitrogen and oxygen atoms in total. The predicted octanol–water partition coefficient (Wildman–Crippen LogP) is 1.91. The molecule has 156 valence electrons. The molecule has 10 heteroatoms. The van der Waals surface area contributed by atoms with Gasteiger partial charge in [-0.2, -0.15) is 0 Å². The third kappa shape index (κ3) is 3.70. The van der Waals surface area contributed by atoms with Crippen LogP contribution in [0.2, 0.25) is 0 Å². The summed E-state index contributed by atoms with van der Waals surface area (Å²) in [4.78, 5) is 36.3. The molecule has 2 atom stereocenters. The Morgan fingerprint density at radius 1 is 1.16 bits per heavy atom. The number of nitrogens with zero attached hydrogens (tertiary/aromatic N) is 6. The monoisotopic (exact) mass is 432 g/mol. The van der Waals surface area contributed by atoms with Crippen molar-refractivity contribution in [1.29, 1.82) is 0 Å². The first-order valence-electron chi connectivity index (χ1n) is 9.81. The Bertz CT molecular complexity index is 1130. The standard InChI is InChI=1S/C21H20N8OS/c22-20-28-21(13-29(11-15(21)12-31-20)18-10-24-5-7-26-18)14-2-1-3-16(8-14)27-19(30)17-9-23-4-6-25-17/h1-10,15H,11-13H2,(H2,22,28)(H,27,30)/t15-,21+/m0/s1. The van der Waals surface area contributed by atoms with E-state index in [-0.39, 0.29) is 17.5 Å². The number of amidine groups is 1. The van der Waals surface area contributed by atoms with Crippen LogP contribution in [-0.2, 0) is 5.54 Å². The van der Waals surface area contributed by atoms with Gasteiger partial charge in [0.1, 0.15) is 17.1 Å². The lowest BCUT2D eigenvalue weighted by Crippen LogP contribution is -2.40. The molecule has 0 unspecified atom stereocenters. The summed E-state index contributed by atoms with van der Waals surface area (Å²) in [5, 5.41) is 3.48. The normalized spacial score (nSPS) is 22.5. The van der Waals surface area contributed by atoms with E-state index in [0.29, 0.717) is 17.4 Å². The summed E-state index contributed by atoms with van der Waals surface area (Å²) in [7, 11) is 0. The van der Waals surface area contributed by atoms with Crippen molar-refractivity contribution in [2.75, 3.05) is 29.1 Å². The van der Waals surface area contributed by atoms with Gasteiger partial charge in [0.2, 0.25) is 0 Å². The predicted molar refractivity (Wildman–Crippen MR) is 120 cm³/mol. The van der Waals surface area contributed by atoms with Gasteiger partial charge in [0.15, 0.2) is 5.17 Å². The van der Waals surface area contributed by atoms with Crippen molar-refractivity contribution in [2.45, 2.75) is 5.54 Å². The first-order chi connectivity index (χ1) is 15.1. The van der Waals surface area contributed by atoms with Gasteiger partial charge in [-0.3, -0.25) is 14.8 Å². The van der Waals surface area contributed by atoms with E-state index in [4.69, 9.17) is 10.7 Å². The van der Waals surface area contributed by atoms with Crippen LogP contribution >= 0.6 is 11.8 Å². The number of nitrogens with two attached hydrogens (primary N) is 1. The number of fused-ring (bicyclic) bond motifs is 1. The lowest BCUT2D eigenvalue weighted by atomic mass is 9.81. The van der Waals surface area contributed by atoms with Gasteiger partial charge in [-0.15, -0.1) is 0 Å². The van der Waals surface area contributed by atoms with Gasteiger partial charge in [0, 0.05) is 55.2 Å². The highest BCUT2D eigenvalue weighted by atomic mass is 32.2. The number of anilines is 2. The smallest absolute Gasteiger partial charge is 0.275 e. The number of amides is 1. The van der Waals surface area contributed by atoms with Crippen LogP contribution in [0.25, 0.3) is 0 Å². The quantitative estimate of drug-likeness (QED) is 0.641. The fraction of sp³-hybridized carbons (Fsp3) is 0.238. The third-order valence-corrected chi connectivity index (χ3v) is 6.54. The van der Waals surface area contributed by atoms with E-state index in [2.05, 4.69) is 30.2 Å². The number of carbonyl (C=O) groups excluding carboxylic acids is 1. The molecular formula is C21H20N8OS. The summed E-state index contributed by atoms with van der Waals surface area (Å²) in [5.41, 5.74) is 7.60. The molecule has 1 saturated heterocycles. The SMILES string of the molecule is NC1=N[C@@]2(c3cccc(NC(=O)c4cnccn4)c3)CN(c3cnccn3)C[C@H]2CS1. The molecule has 0 aliphatic carbocycles. The lowest BCUT2D eigenvalue weighted by Gasteiger charge is -2.34. The highest BCUT2D eigenvalue weighted by Crippen LogP contribution is 2.46. The van der Waals surface area contributed by atoms with E-state index in [9.17, 15) is 4.79 Å². The van der Waals surface area contributed by atoms with Crippen LogP contribution in [0, 0.1) is 5.92 Å². The van der Waals surface area contributed by atoms with E-state index >= 15 is 0 Å². The first-order valence-corrected chi connectivity index (χ1v) is 10.8. The number of aromatic nitrogens is 4. The maximum absolute atomic E-state index is 12.5. The molecule has 1 fully saturated rings. The van der Waals surface area contributed by atoms with Crippen LogP contribution in [0.1, 0.15) is 16.1 Å². The average molecular weight is 433 g/mol. The van der Waals surface area contributed by atoms with Crippen molar-refractivity contribution in [2.24, 2.45) is 16.6 Å². The van der Waals surface area contributed by atoms with Crippen molar-refractivity contribution < 1.29 is 4.79 Å². The molecule has 3 aromatic rings. The minimum absolute atomic E-state index is 0.248. The molecule has 2 aliphatic rings. The third-order valence-electron chi connectivity index (χ3n) is 5.58. The molecule has 3 N–H and O–H groups in total. The van der Waals surface area contributed by atoms with Crippen LogP contribution < -0.4 is 16.0 Å². The Hall–Kier alpha value is -3.53. The zero-order valence-corrected chi connectivity index (χ0v) is 17.4. The largest absolute Gasteiger partial charge is 0.379 e. The average Bonchev–Trinajstić information content (AvgIpc) is 3.20. The number of aliphatic imine (C=N–C) groups is 1. The van der Waals surface area contributed by atoms with Crippen molar-refractivity contribution in [1.82, 2.24) is 19.9 Å². The molecule has 1 amide bonds. The van der Waals surface area contributed by atoms with E-state index < -0.39 is 5.54 Å². The molecule has 1 aromatic carbocycles. The van der Waals surface area contributed by atoms with Gasteiger partial charge in [0.25, 0.3) is 5.91 Å². The Morgan fingerprint density at radius 3 is 2.77 bits per heavy atom. The summed E-state index contributed by atoms with van der Waals surface area (Å²) in [5.74, 6) is 1.62. The zero-order chi connectivity index (χ0) is 21.3. The maximum atomic E-state index is 12.5. The Balaban J connectivity index is 1.48. The summed E-state index contributed by atoms with van der Waals surface area (Å²) in [6.45, 7) is 1.44. The Labute approximate surface area is 183 Å². The van der Waals surface area contributed by atoms with Crippen LogP contribution in [0.3, 0.4) is 0 Å². The summed E-state index contributed by atoms with van der Waals surface area (Å²) in [6, 6.07) is 7.78. The van der Waals surface area contributed by atoms with Gasteiger partial charge < -0.3 is 16.0 Å². The van der Waals surface area contributed by atoms with Crippen molar-refractivity contribution in [3.05, 3.63) is 72.7 Å². The molecular weight excluding hydrogens is 412 g/mol. The van der Waals surface area contributed by atoms with Gasteiger partial charge >= 0.3 is 0 Å². The number of nitrogens with one attached hydrogen (secondary N) is 1. The van der Waals surface area contributed by atoms with Crippen LogP contribution in [0.4, 0.5) is 11.5 Å². The molecule has 2 aliphatic heterocycles. The Morgan fingerprint density at radius 2 is 2.00 bits per heavy atom. The van der Waals surface area contributed by atoms with Gasteiger partial charge in [0.05, 0.1) is 12.4 Å². The fourth-order valence-corrected chi connectivity index (χ4v) is 5.11. The second-order valence-corrected chi connectivity index (χ2v) is 8.49. The number of hydrogen-bond donors (Lipinski definition) is 2. The minimum atomic E-state index is -0.514. The maximum Gasteiger partial charge on any atom is 0.275 e. The number of hydrogen-bond acceptors (Lipinski definition) is 9. The highest BCUT2D eigenvalue weighted by molar-refractivity contribution is 8.13. The molecule has 0 saturated carbocycles. The minimum Gasteiger partial charge on any atom is -0.379 e. The highest BCUT2D eigenvalue weighted by Gasteiger charge is 2.50. The molecule has 4 heterocycles. The summed E-state index contributed by atoms with van der Waals surface area (Å²) in [6.07, 6.45) is 9.58. The Kier molecular flexibility index (Phi) is 4.99.